The van der Waals surface area contributed by atoms with Gasteiger partial charge >= 0.3 is 0 Å². The Hall–Kier alpha value is -1.56. The van der Waals surface area contributed by atoms with Crippen LogP contribution in [0.25, 0.3) is 0 Å². The summed E-state index contributed by atoms with van der Waals surface area (Å²) in [4.78, 5) is 21.6. The fourth-order valence-electron chi connectivity index (χ4n) is 4.15. The molecule has 1 saturated heterocycles. The van der Waals surface area contributed by atoms with Crippen LogP contribution in [0.5, 0.6) is 0 Å². The summed E-state index contributed by atoms with van der Waals surface area (Å²) < 4.78 is 1.79. The number of hydrogen-bond acceptors (Lipinski definition) is 3. The summed E-state index contributed by atoms with van der Waals surface area (Å²) in [5.74, 6) is 1.94. The number of aryl methyl sites for hydroxylation is 1. The molecule has 0 radical (unpaired) electrons. The number of halogens is 2. The summed E-state index contributed by atoms with van der Waals surface area (Å²) in [7, 11) is 4.03. The third-order valence-electron chi connectivity index (χ3n) is 5.57. The molecule has 0 bridgehead atoms. The predicted octanol–water partition coefficient (Wildman–Crippen LogP) is 3.18. The van der Waals surface area contributed by atoms with E-state index in [1.807, 2.05) is 24.1 Å². The molecule has 2 aromatic rings. The molecule has 2 unspecified atom stereocenters. The van der Waals surface area contributed by atoms with Gasteiger partial charge in [0, 0.05) is 49.5 Å². The van der Waals surface area contributed by atoms with Crippen LogP contribution in [-0.4, -0.2) is 51.9 Å². The number of hydrogen-bond donors (Lipinski definition) is 0. The zero-order chi connectivity index (χ0) is 18.4. The molecule has 1 aromatic carbocycles. The predicted molar refractivity (Wildman–Crippen MR) is 102 cm³/mol. The van der Waals surface area contributed by atoms with Crippen LogP contribution in [0.4, 0.5) is 0 Å². The summed E-state index contributed by atoms with van der Waals surface area (Å²) in [5.41, 5.74) is 1.38. The molecule has 2 fully saturated rings. The summed E-state index contributed by atoms with van der Waals surface area (Å²) in [6, 6.07) is 5.43. The Morgan fingerprint density at radius 1 is 1.27 bits per heavy atom. The van der Waals surface area contributed by atoms with Gasteiger partial charge < -0.3 is 14.4 Å². The lowest BCUT2D eigenvalue weighted by molar-refractivity contribution is 0.0720. The first-order valence-electron chi connectivity index (χ1n) is 8.82. The highest BCUT2D eigenvalue weighted by Gasteiger charge is 2.55. The molecule has 2 aliphatic rings. The third kappa shape index (κ3) is 3.48. The first kappa shape index (κ1) is 17.8. The minimum Gasteiger partial charge on any atom is -0.340 e. The van der Waals surface area contributed by atoms with E-state index >= 15 is 0 Å². The molecule has 1 aliphatic carbocycles. The number of carbonyl (C=O) groups is 1. The van der Waals surface area contributed by atoms with Crippen LogP contribution in [0.3, 0.4) is 0 Å². The van der Waals surface area contributed by atoms with E-state index in [4.69, 9.17) is 23.2 Å². The van der Waals surface area contributed by atoms with E-state index in [1.165, 1.54) is 0 Å². The average molecular weight is 393 g/mol. The van der Waals surface area contributed by atoms with Gasteiger partial charge in [0.15, 0.2) is 0 Å². The van der Waals surface area contributed by atoms with Crippen LogP contribution in [0, 0.1) is 17.8 Å². The van der Waals surface area contributed by atoms with Gasteiger partial charge in [-0.05, 0) is 42.5 Å². The Balaban J connectivity index is 1.54. The van der Waals surface area contributed by atoms with Crippen LogP contribution in [0.15, 0.2) is 30.7 Å². The summed E-state index contributed by atoms with van der Waals surface area (Å²) in [6.45, 7) is 3.47. The normalized spacial score (nSPS) is 24.5. The van der Waals surface area contributed by atoms with Crippen LogP contribution >= 0.6 is 23.2 Å². The fourth-order valence-corrected chi connectivity index (χ4v) is 4.61. The van der Waals surface area contributed by atoms with E-state index in [9.17, 15) is 4.79 Å². The second kappa shape index (κ2) is 6.87. The molecule has 4 rings (SSSR count). The second-order valence-electron chi connectivity index (χ2n) is 7.56. The molecule has 0 N–H and O–H groups in total. The minimum atomic E-state index is -0.0463. The summed E-state index contributed by atoms with van der Waals surface area (Å²) in [6.07, 6.45) is 3.42. The zero-order valence-electron chi connectivity index (χ0n) is 14.9. The first-order chi connectivity index (χ1) is 12.4. The number of imidazole rings is 1. The van der Waals surface area contributed by atoms with Crippen molar-refractivity contribution < 1.29 is 4.79 Å². The first-order valence-corrected chi connectivity index (χ1v) is 9.57. The number of nitrogens with zero attached hydrogens (tertiary/aromatic N) is 4. The van der Waals surface area contributed by atoms with Crippen molar-refractivity contribution in [3.05, 3.63) is 52.0 Å². The number of benzene rings is 1. The topological polar surface area (TPSA) is 41.4 Å². The lowest BCUT2D eigenvalue weighted by atomic mass is 10.1. The van der Waals surface area contributed by atoms with Gasteiger partial charge in [0.25, 0.3) is 5.91 Å². The van der Waals surface area contributed by atoms with Crippen molar-refractivity contribution in [3.8, 4) is 0 Å². The van der Waals surface area contributed by atoms with Crippen molar-refractivity contribution >= 4 is 29.1 Å². The van der Waals surface area contributed by atoms with Crippen molar-refractivity contribution in [2.24, 2.45) is 24.8 Å². The standard InChI is InChI=1S/C19H22Cl2N4O/c1-23-7-14-15(8-23)16(14)9-25(19(26)18-10-24(2)11-22-18)6-12-3-4-13(20)5-17(12)21/h3-5,10-11,14-16H,6-9H2,1-2H3. The Labute approximate surface area is 163 Å². The number of carbonyl (C=O) groups excluding carboxylic acids is 1. The van der Waals surface area contributed by atoms with Gasteiger partial charge in [-0.2, -0.15) is 0 Å². The highest BCUT2D eigenvalue weighted by atomic mass is 35.5. The molecule has 5 nitrogen and oxygen atoms in total. The van der Waals surface area contributed by atoms with E-state index < -0.39 is 0 Å². The molecular formula is C19H22Cl2N4O. The van der Waals surface area contributed by atoms with Gasteiger partial charge in [0.1, 0.15) is 5.69 Å². The van der Waals surface area contributed by atoms with Crippen LogP contribution in [0.1, 0.15) is 16.1 Å². The lowest BCUT2D eigenvalue weighted by Crippen LogP contribution is -2.34. The van der Waals surface area contributed by atoms with E-state index in [2.05, 4.69) is 16.9 Å². The van der Waals surface area contributed by atoms with Crippen molar-refractivity contribution in [1.82, 2.24) is 19.4 Å². The number of piperidine rings is 1. The molecule has 2 atom stereocenters. The molecule has 1 amide bonds. The monoisotopic (exact) mass is 392 g/mol. The van der Waals surface area contributed by atoms with Gasteiger partial charge in [-0.1, -0.05) is 29.3 Å². The van der Waals surface area contributed by atoms with Gasteiger partial charge in [0.05, 0.1) is 6.33 Å². The van der Waals surface area contributed by atoms with Gasteiger partial charge in [0.2, 0.25) is 0 Å². The molecule has 2 heterocycles. The quantitative estimate of drug-likeness (QED) is 0.784. The van der Waals surface area contributed by atoms with Crippen molar-refractivity contribution in [2.45, 2.75) is 6.54 Å². The number of fused-ring (bicyclic) bond motifs is 1. The Morgan fingerprint density at radius 2 is 2.00 bits per heavy atom. The number of rotatable bonds is 5. The fraction of sp³-hybridized carbons (Fsp3) is 0.474. The Morgan fingerprint density at radius 3 is 2.62 bits per heavy atom. The summed E-state index contributed by atoms with van der Waals surface area (Å²) >= 11 is 12.4. The lowest BCUT2D eigenvalue weighted by Gasteiger charge is -2.24. The zero-order valence-corrected chi connectivity index (χ0v) is 16.4. The SMILES string of the molecule is CN1CC2C(C1)C2CN(Cc1ccc(Cl)cc1Cl)C(=O)c1cn(C)cn1. The molecule has 26 heavy (non-hydrogen) atoms. The highest BCUT2D eigenvalue weighted by molar-refractivity contribution is 6.35. The van der Waals surface area contributed by atoms with Crippen LogP contribution in [0.2, 0.25) is 10.0 Å². The maximum Gasteiger partial charge on any atom is 0.274 e. The summed E-state index contributed by atoms with van der Waals surface area (Å²) in [5, 5.41) is 1.19. The van der Waals surface area contributed by atoms with Crippen LogP contribution in [-0.2, 0) is 13.6 Å². The number of likely N-dealkylation sites (tertiary alicyclic amines) is 1. The number of amides is 1. The van der Waals surface area contributed by atoms with E-state index in [-0.39, 0.29) is 5.91 Å². The van der Waals surface area contributed by atoms with Crippen molar-refractivity contribution in [1.29, 1.82) is 0 Å². The average Bonchev–Trinajstić information content (AvgIpc) is 2.93. The molecule has 1 aliphatic heterocycles. The van der Waals surface area contributed by atoms with Crippen LogP contribution < -0.4 is 0 Å². The third-order valence-corrected chi connectivity index (χ3v) is 6.16. The minimum absolute atomic E-state index is 0.0463. The molecule has 138 valence electrons. The molecule has 1 saturated carbocycles. The maximum absolute atomic E-state index is 13.1. The Bertz CT molecular complexity index is 825. The van der Waals surface area contributed by atoms with E-state index in [1.54, 1.807) is 23.2 Å². The smallest absolute Gasteiger partial charge is 0.274 e. The maximum atomic E-state index is 13.1. The van der Waals surface area contributed by atoms with E-state index in [0.717, 1.165) is 25.2 Å². The molecular weight excluding hydrogens is 371 g/mol. The Kier molecular flexibility index (Phi) is 4.71. The molecule has 0 spiro atoms. The van der Waals surface area contributed by atoms with E-state index in [0.29, 0.717) is 40.0 Å². The van der Waals surface area contributed by atoms with Gasteiger partial charge in [-0.3, -0.25) is 4.79 Å². The second-order valence-corrected chi connectivity index (χ2v) is 8.40. The van der Waals surface area contributed by atoms with Crippen molar-refractivity contribution in [3.63, 3.8) is 0 Å². The largest absolute Gasteiger partial charge is 0.340 e. The molecule has 1 aromatic heterocycles. The van der Waals surface area contributed by atoms with Gasteiger partial charge in [-0.25, -0.2) is 4.98 Å². The molecule has 7 heteroatoms. The highest BCUT2D eigenvalue weighted by Crippen LogP contribution is 2.51. The van der Waals surface area contributed by atoms with Crippen molar-refractivity contribution in [2.75, 3.05) is 26.7 Å². The number of aromatic nitrogens is 2. The van der Waals surface area contributed by atoms with Gasteiger partial charge in [-0.15, -0.1) is 0 Å².